The van der Waals surface area contributed by atoms with E-state index in [9.17, 15) is 9.36 Å². The van der Waals surface area contributed by atoms with E-state index in [1.165, 1.54) is 6.92 Å². The molecule has 0 aliphatic carbocycles. The minimum Gasteiger partial charge on any atom is -0.395 e. The Hall–Kier alpha value is -4.80. The SMILES string of the molecule is CC(=O)N[C@@H]1[C@@H](OCc2ccccc2)[C@@H](OCc2ccccc2)[C@@H](COCc2ccccc2)O[C@@H]1COP(=O)(Oc1ccccc1)Oc1ccccc1. The fraction of sp³-hybridized carbons (Fsp3) is 0.262. The number of para-hydroxylation sites is 2. The second-order valence-corrected chi connectivity index (χ2v) is 14.0. The van der Waals surface area contributed by atoms with Gasteiger partial charge in [0.15, 0.2) is 0 Å². The number of phosphoric ester groups is 1. The molecule has 1 fully saturated rings. The predicted molar refractivity (Wildman–Crippen MR) is 200 cm³/mol. The van der Waals surface area contributed by atoms with Gasteiger partial charge in [-0.25, -0.2) is 4.57 Å². The van der Waals surface area contributed by atoms with E-state index in [0.717, 1.165) is 16.7 Å². The summed E-state index contributed by atoms with van der Waals surface area (Å²) in [5, 5.41) is 3.02. The van der Waals surface area contributed by atoms with Crippen molar-refractivity contribution in [1.29, 1.82) is 0 Å². The van der Waals surface area contributed by atoms with E-state index in [-0.39, 0.29) is 32.3 Å². The van der Waals surface area contributed by atoms with E-state index in [4.69, 9.17) is 32.5 Å². The molecule has 53 heavy (non-hydrogen) atoms. The maximum absolute atomic E-state index is 14.4. The highest BCUT2D eigenvalue weighted by Crippen LogP contribution is 2.50. The third kappa shape index (κ3) is 11.6. The molecule has 1 amide bonds. The Morgan fingerprint density at radius 2 is 1.02 bits per heavy atom. The number of ether oxygens (including phenoxy) is 4. The van der Waals surface area contributed by atoms with Gasteiger partial charge in [0.05, 0.1) is 39.1 Å². The number of benzene rings is 5. The Morgan fingerprint density at radius 3 is 1.49 bits per heavy atom. The number of nitrogens with one attached hydrogen (secondary N) is 1. The molecule has 0 spiro atoms. The third-order valence-corrected chi connectivity index (χ3v) is 9.78. The quantitative estimate of drug-likeness (QED) is 0.0897. The monoisotopic (exact) mass is 737 g/mol. The first-order valence-electron chi connectivity index (χ1n) is 17.5. The Morgan fingerprint density at radius 1 is 0.585 bits per heavy atom. The molecular weight excluding hydrogens is 693 g/mol. The Balaban J connectivity index is 1.30. The molecule has 276 valence electrons. The fourth-order valence-corrected chi connectivity index (χ4v) is 7.19. The summed E-state index contributed by atoms with van der Waals surface area (Å²) >= 11 is 0. The van der Waals surface area contributed by atoms with E-state index in [2.05, 4.69) is 5.32 Å². The zero-order valence-corrected chi connectivity index (χ0v) is 30.4. The number of amides is 1. The summed E-state index contributed by atoms with van der Waals surface area (Å²) in [6.45, 7) is 2.07. The molecule has 1 saturated heterocycles. The summed E-state index contributed by atoms with van der Waals surface area (Å²) in [6, 6.07) is 45.8. The van der Waals surface area contributed by atoms with Crippen molar-refractivity contribution in [2.75, 3.05) is 13.2 Å². The summed E-state index contributed by atoms with van der Waals surface area (Å²) in [4.78, 5) is 12.8. The summed E-state index contributed by atoms with van der Waals surface area (Å²) in [5.74, 6) is 0.266. The molecule has 5 atom stereocenters. The van der Waals surface area contributed by atoms with Crippen LogP contribution in [0.25, 0.3) is 0 Å². The minimum absolute atomic E-state index is 0.127. The second kappa shape index (κ2) is 19.3. The lowest BCUT2D eigenvalue weighted by Crippen LogP contribution is -2.66. The van der Waals surface area contributed by atoms with Gasteiger partial charge in [0, 0.05) is 6.92 Å². The highest BCUT2D eigenvalue weighted by molar-refractivity contribution is 7.49. The van der Waals surface area contributed by atoms with E-state index in [0.29, 0.717) is 18.1 Å². The van der Waals surface area contributed by atoms with Crippen LogP contribution < -0.4 is 14.4 Å². The van der Waals surface area contributed by atoms with Gasteiger partial charge in [0.1, 0.15) is 35.9 Å². The molecule has 1 N–H and O–H groups in total. The highest BCUT2D eigenvalue weighted by Gasteiger charge is 2.49. The Labute approximate surface area is 310 Å². The van der Waals surface area contributed by atoms with Crippen LogP contribution in [0.3, 0.4) is 0 Å². The van der Waals surface area contributed by atoms with Crippen molar-refractivity contribution in [1.82, 2.24) is 5.32 Å². The lowest BCUT2D eigenvalue weighted by atomic mass is 9.92. The van der Waals surface area contributed by atoms with Crippen LogP contribution >= 0.6 is 7.82 Å². The number of hydrogen-bond acceptors (Lipinski definition) is 9. The molecule has 1 aliphatic rings. The molecule has 6 rings (SSSR count). The average Bonchev–Trinajstić information content (AvgIpc) is 3.18. The van der Waals surface area contributed by atoms with Gasteiger partial charge in [0.2, 0.25) is 5.91 Å². The van der Waals surface area contributed by atoms with Gasteiger partial charge in [-0.3, -0.25) is 9.32 Å². The van der Waals surface area contributed by atoms with Crippen LogP contribution in [-0.4, -0.2) is 49.6 Å². The summed E-state index contributed by atoms with van der Waals surface area (Å²) in [6.07, 6.45) is -3.03. The largest absolute Gasteiger partial charge is 0.587 e. The van der Waals surface area contributed by atoms with Crippen molar-refractivity contribution in [3.05, 3.63) is 168 Å². The molecule has 10 nitrogen and oxygen atoms in total. The van der Waals surface area contributed by atoms with E-state index >= 15 is 0 Å². The Kier molecular flexibility index (Phi) is 13.8. The van der Waals surface area contributed by atoms with Crippen molar-refractivity contribution in [3.8, 4) is 11.5 Å². The molecule has 1 heterocycles. The van der Waals surface area contributed by atoms with Crippen LogP contribution in [0.4, 0.5) is 0 Å². The number of phosphoric acid groups is 1. The summed E-state index contributed by atoms with van der Waals surface area (Å²) < 4.78 is 58.4. The maximum atomic E-state index is 14.4. The molecule has 0 unspecified atom stereocenters. The zero-order chi connectivity index (χ0) is 36.7. The van der Waals surface area contributed by atoms with Crippen molar-refractivity contribution in [2.24, 2.45) is 0 Å². The molecule has 5 aromatic rings. The number of rotatable bonds is 18. The van der Waals surface area contributed by atoms with Crippen molar-refractivity contribution < 1.29 is 41.9 Å². The van der Waals surface area contributed by atoms with Gasteiger partial charge in [-0.1, -0.05) is 127 Å². The van der Waals surface area contributed by atoms with Gasteiger partial charge in [0.25, 0.3) is 0 Å². The molecule has 11 heteroatoms. The lowest BCUT2D eigenvalue weighted by Gasteiger charge is -2.46. The maximum Gasteiger partial charge on any atom is 0.587 e. The number of carbonyl (C=O) groups is 1. The van der Waals surface area contributed by atoms with Crippen LogP contribution in [0.15, 0.2) is 152 Å². The number of carbonyl (C=O) groups excluding carboxylic acids is 1. The summed E-state index contributed by atoms with van der Waals surface area (Å²) in [5.41, 5.74) is 2.89. The van der Waals surface area contributed by atoms with Gasteiger partial charge in [-0.2, -0.15) is 0 Å². The first-order valence-corrected chi connectivity index (χ1v) is 19.0. The van der Waals surface area contributed by atoms with E-state index < -0.39 is 38.3 Å². The molecule has 0 saturated carbocycles. The Bertz CT molecular complexity index is 1810. The second-order valence-electron chi connectivity index (χ2n) is 12.5. The van der Waals surface area contributed by atoms with Crippen molar-refractivity contribution in [3.63, 3.8) is 0 Å². The molecule has 0 aromatic heterocycles. The predicted octanol–water partition coefficient (Wildman–Crippen LogP) is 7.93. The standard InChI is InChI=1S/C42H44NO9P/c1-32(44)43-40-38(31-49-53(45,51-36-23-13-5-14-24-36)52-37-25-15-6-16-26-37)50-39(30-46-27-33-17-7-2-8-18-33)41(47-28-34-19-9-3-10-20-34)42(40)48-29-35-21-11-4-12-22-35/h2-26,38-42H,27-31H2,1H3,(H,43,44)/t38-,39-,40+,41+,42-/m1/s1. The molecular formula is C42H44NO9P. The highest BCUT2D eigenvalue weighted by atomic mass is 31.2. The summed E-state index contributed by atoms with van der Waals surface area (Å²) in [7, 11) is -4.32. The van der Waals surface area contributed by atoms with Crippen LogP contribution in [-0.2, 0) is 52.7 Å². The van der Waals surface area contributed by atoms with Gasteiger partial charge in [-0.15, -0.1) is 0 Å². The van der Waals surface area contributed by atoms with E-state index in [1.54, 1.807) is 48.5 Å². The van der Waals surface area contributed by atoms with Crippen LogP contribution in [0, 0.1) is 0 Å². The van der Waals surface area contributed by atoms with Gasteiger partial charge >= 0.3 is 7.82 Å². The zero-order valence-electron chi connectivity index (χ0n) is 29.5. The van der Waals surface area contributed by atoms with Crippen LogP contribution in [0.2, 0.25) is 0 Å². The molecule has 5 aromatic carbocycles. The fourth-order valence-electron chi connectivity index (χ4n) is 5.96. The minimum atomic E-state index is -4.32. The normalized spacial score (nSPS) is 20.0. The van der Waals surface area contributed by atoms with Gasteiger partial charge < -0.3 is 33.3 Å². The average molecular weight is 738 g/mol. The molecule has 0 radical (unpaired) electrons. The van der Waals surface area contributed by atoms with Crippen molar-refractivity contribution >= 4 is 13.7 Å². The lowest BCUT2D eigenvalue weighted by molar-refractivity contribution is -0.236. The third-order valence-electron chi connectivity index (χ3n) is 8.45. The number of hydrogen-bond donors (Lipinski definition) is 1. The van der Waals surface area contributed by atoms with E-state index in [1.807, 2.05) is 103 Å². The van der Waals surface area contributed by atoms with Crippen LogP contribution in [0.1, 0.15) is 23.6 Å². The smallest absolute Gasteiger partial charge is 0.395 e. The first-order chi connectivity index (χ1) is 25.9. The van der Waals surface area contributed by atoms with Crippen molar-refractivity contribution in [2.45, 2.75) is 57.2 Å². The topological polar surface area (TPSA) is 111 Å². The van der Waals surface area contributed by atoms with Crippen LogP contribution in [0.5, 0.6) is 11.5 Å². The molecule has 1 aliphatic heterocycles. The first kappa shape index (κ1) is 37.9. The molecule has 0 bridgehead atoms. The van der Waals surface area contributed by atoms with Gasteiger partial charge in [-0.05, 0) is 41.0 Å².